The monoisotopic (exact) mass is 290 g/mol. The van der Waals surface area contributed by atoms with Crippen LogP contribution in [0.4, 0.5) is 0 Å². The summed E-state index contributed by atoms with van der Waals surface area (Å²) in [5, 5.41) is 1.47. The Kier molecular flexibility index (Phi) is 10.3. The first-order valence-electron chi connectivity index (χ1n) is 6.25. The van der Waals surface area contributed by atoms with E-state index in [0.29, 0.717) is 15.5 Å². The van der Waals surface area contributed by atoms with Gasteiger partial charge in [-0.2, -0.15) is 0 Å². The third-order valence-electron chi connectivity index (χ3n) is 3.12. The van der Waals surface area contributed by atoms with E-state index in [1.165, 1.54) is 5.90 Å². The highest BCUT2D eigenvalue weighted by Gasteiger charge is 2.36. The quantitative estimate of drug-likeness (QED) is 0.539. The molecule has 110 valence electrons. The zero-order valence-electron chi connectivity index (χ0n) is 13.1. The maximum atomic E-state index is 2.49. The average molecular weight is 290 g/mol. The highest BCUT2D eigenvalue weighted by molar-refractivity contribution is 7.76. The van der Waals surface area contributed by atoms with E-state index >= 15 is 0 Å². The second kappa shape index (κ2) is 7.69. The normalized spacial score (nSPS) is 14.8. The van der Waals surface area contributed by atoms with Gasteiger partial charge in [-0.15, -0.1) is 0 Å². The van der Waals surface area contributed by atoms with Crippen molar-refractivity contribution < 1.29 is 0 Å². The van der Waals surface area contributed by atoms with Gasteiger partial charge < -0.3 is 0 Å². The Morgan fingerprint density at radius 2 is 0.889 bits per heavy atom. The van der Waals surface area contributed by atoms with Crippen LogP contribution in [-0.4, -0.2) is 44.9 Å². The van der Waals surface area contributed by atoms with Crippen LogP contribution in [0, 0.1) is 0 Å². The molecule has 0 fully saturated rings. The molecule has 0 aromatic heterocycles. The zero-order chi connectivity index (χ0) is 13.4. The highest BCUT2D eigenvalue weighted by Crippen LogP contribution is 2.66. The SMILES string of the molecule is B.B.C[P@@](CP(C(C)(C)C)C(C)(C)C)C(C)(C)C. The Hall–Kier alpha value is 0.990. The summed E-state index contributed by atoms with van der Waals surface area (Å²) in [4.78, 5) is 0. The lowest BCUT2D eigenvalue weighted by atomic mass is 10.2. The van der Waals surface area contributed by atoms with Gasteiger partial charge in [0.25, 0.3) is 0 Å². The molecular formula is C14H38B2P2. The van der Waals surface area contributed by atoms with E-state index in [9.17, 15) is 0 Å². The van der Waals surface area contributed by atoms with Gasteiger partial charge in [-0.25, -0.2) is 0 Å². The molecule has 18 heavy (non-hydrogen) atoms. The van der Waals surface area contributed by atoms with E-state index in [4.69, 9.17) is 0 Å². The molecule has 0 bridgehead atoms. The first-order chi connectivity index (χ1) is 6.76. The van der Waals surface area contributed by atoms with Gasteiger partial charge >= 0.3 is 0 Å². The Bertz CT molecular complexity index is 207. The Morgan fingerprint density at radius 1 is 0.611 bits per heavy atom. The van der Waals surface area contributed by atoms with Crippen molar-refractivity contribution in [2.24, 2.45) is 0 Å². The molecule has 0 aliphatic rings. The molecule has 0 N–H and O–H groups in total. The van der Waals surface area contributed by atoms with Gasteiger partial charge in [0.15, 0.2) is 0 Å². The molecule has 4 heteroatoms. The summed E-state index contributed by atoms with van der Waals surface area (Å²) >= 11 is 0. The van der Waals surface area contributed by atoms with E-state index in [-0.39, 0.29) is 32.7 Å². The van der Waals surface area contributed by atoms with Crippen molar-refractivity contribution in [1.29, 1.82) is 0 Å². The van der Waals surface area contributed by atoms with Crippen molar-refractivity contribution in [3.05, 3.63) is 0 Å². The lowest BCUT2D eigenvalue weighted by Gasteiger charge is -2.45. The summed E-state index contributed by atoms with van der Waals surface area (Å²) in [6, 6.07) is 0. The van der Waals surface area contributed by atoms with Crippen molar-refractivity contribution in [2.45, 2.75) is 77.8 Å². The molecule has 0 unspecified atom stereocenters. The van der Waals surface area contributed by atoms with Crippen LogP contribution in [0.2, 0.25) is 0 Å². The van der Waals surface area contributed by atoms with Gasteiger partial charge in [0.05, 0.1) is 16.8 Å². The van der Waals surface area contributed by atoms with Gasteiger partial charge in [-0.3, -0.25) is 0 Å². The van der Waals surface area contributed by atoms with Crippen molar-refractivity contribution >= 4 is 32.7 Å². The average Bonchev–Trinajstić information content (AvgIpc) is 1.92. The fourth-order valence-electron chi connectivity index (χ4n) is 1.85. The lowest BCUT2D eigenvalue weighted by molar-refractivity contribution is 0.708. The second-order valence-corrected chi connectivity index (χ2v) is 15.2. The van der Waals surface area contributed by atoms with Gasteiger partial charge in [0, 0.05) is 0 Å². The molecule has 0 rings (SSSR count). The van der Waals surface area contributed by atoms with Crippen LogP contribution in [0.5, 0.6) is 0 Å². The molecular weight excluding hydrogens is 252 g/mol. The number of rotatable bonds is 2. The maximum Gasteiger partial charge on any atom is 0.0814 e. The van der Waals surface area contributed by atoms with Gasteiger partial charge in [0.2, 0.25) is 0 Å². The van der Waals surface area contributed by atoms with Crippen molar-refractivity contribution in [3.8, 4) is 0 Å². The summed E-state index contributed by atoms with van der Waals surface area (Å²) in [7, 11) is 0.222. The minimum Gasteiger partial charge on any atom is -0.0999 e. The van der Waals surface area contributed by atoms with Crippen LogP contribution in [0.3, 0.4) is 0 Å². The van der Waals surface area contributed by atoms with E-state index in [1.54, 1.807) is 0 Å². The third kappa shape index (κ3) is 8.22. The van der Waals surface area contributed by atoms with Crippen molar-refractivity contribution in [1.82, 2.24) is 0 Å². The molecule has 0 heterocycles. The lowest BCUT2D eigenvalue weighted by Crippen LogP contribution is -2.27. The van der Waals surface area contributed by atoms with Crippen LogP contribution < -0.4 is 0 Å². The highest BCUT2D eigenvalue weighted by atomic mass is 31.2. The first kappa shape index (κ1) is 24.0. The van der Waals surface area contributed by atoms with E-state index in [2.05, 4.69) is 69.0 Å². The molecule has 0 aliphatic carbocycles. The minimum absolute atomic E-state index is 0. The Balaban J connectivity index is -0.00000112. The number of hydrogen-bond acceptors (Lipinski definition) is 0. The molecule has 0 nitrogen and oxygen atoms in total. The molecule has 0 saturated carbocycles. The molecule has 0 radical (unpaired) electrons. The van der Waals surface area contributed by atoms with E-state index in [1.807, 2.05) is 0 Å². The smallest absolute Gasteiger partial charge is 0.0814 e. The van der Waals surface area contributed by atoms with Gasteiger partial charge in [0.1, 0.15) is 0 Å². The minimum atomic E-state index is 0. The topological polar surface area (TPSA) is 0 Å². The van der Waals surface area contributed by atoms with Crippen molar-refractivity contribution in [3.63, 3.8) is 0 Å². The van der Waals surface area contributed by atoms with Crippen LogP contribution >= 0.6 is 15.8 Å². The van der Waals surface area contributed by atoms with E-state index in [0.717, 1.165) is 0 Å². The summed E-state index contributed by atoms with van der Waals surface area (Å²) in [5.41, 5.74) is 0. The van der Waals surface area contributed by atoms with Crippen LogP contribution in [-0.2, 0) is 0 Å². The summed E-state index contributed by atoms with van der Waals surface area (Å²) in [6.07, 6.45) is 0. The Labute approximate surface area is 123 Å². The molecule has 1 atom stereocenters. The first-order valence-corrected chi connectivity index (χ1v) is 9.75. The maximum absolute atomic E-state index is 2.49. The number of hydrogen-bond donors (Lipinski definition) is 0. The van der Waals surface area contributed by atoms with Crippen molar-refractivity contribution in [2.75, 3.05) is 12.6 Å². The van der Waals surface area contributed by atoms with Crippen LogP contribution in [0.1, 0.15) is 62.3 Å². The summed E-state index contributed by atoms with van der Waals surface area (Å²) < 4.78 is 0. The molecule has 0 aromatic rings. The van der Waals surface area contributed by atoms with Crippen LogP contribution in [0.15, 0.2) is 0 Å². The molecule has 0 saturated heterocycles. The fraction of sp³-hybridized carbons (Fsp3) is 1.00. The van der Waals surface area contributed by atoms with E-state index < -0.39 is 0 Å². The van der Waals surface area contributed by atoms with Crippen LogP contribution in [0.25, 0.3) is 0 Å². The molecule has 0 amide bonds. The summed E-state index contributed by atoms with van der Waals surface area (Å²) in [5.74, 6) is 1.46. The second-order valence-electron chi connectivity index (χ2n) is 7.78. The third-order valence-corrected chi connectivity index (χ3v) is 11.5. The Morgan fingerprint density at radius 3 is 1.06 bits per heavy atom. The zero-order valence-corrected chi connectivity index (χ0v) is 14.9. The predicted molar refractivity (Wildman–Crippen MR) is 104 cm³/mol. The van der Waals surface area contributed by atoms with Gasteiger partial charge in [-0.1, -0.05) is 78.2 Å². The standard InChI is InChI=1S/C14H32P2.2BH3/c1-12(2,3)15(10)11-16(13(4,5)6)14(7,8)9;;/h11H2,1-10H3;2*1H3/t15-;;/m0../s1. The predicted octanol–water partition coefficient (Wildman–Crippen LogP) is 3.57. The van der Waals surface area contributed by atoms with Gasteiger partial charge in [-0.05, 0) is 28.0 Å². The summed E-state index contributed by atoms with van der Waals surface area (Å²) in [6.45, 7) is 24.2. The molecule has 0 aromatic carbocycles. The molecule has 0 spiro atoms. The largest absolute Gasteiger partial charge is 0.0999 e. The molecule has 0 aliphatic heterocycles. The fourth-order valence-corrected chi connectivity index (χ4v) is 10.7.